The lowest BCUT2D eigenvalue weighted by Gasteiger charge is -2.26. The van der Waals surface area contributed by atoms with Crippen LogP contribution in [0.15, 0.2) is 121 Å². The van der Waals surface area contributed by atoms with E-state index >= 15 is 0 Å². The molecule has 4 aromatic carbocycles. The van der Waals surface area contributed by atoms with Gasteiger partial charge < -0.3 is 37.9 Å². The smallest absolute Gasteiger partial charge is 0.330 e. The number of benzene rings is 4. The predicted octanol–water partition coefficient (Wildman–Crippen LogP) is 12.0. The Balaban J connectivity index is 0.852. The van der Waals surface area contributed by atoms with E-state index in [9.17, 15) is 28.8 Å². The van der Waals surface area contributed by atoms with E-state index in [0.717, 1.165) is 73.7 Å². The summed E-state index contributed by atoms with van der Waals surface area (Å²) in [6, 6.07) is 26.3. The number of nitrogens with zero attached hydrogens (tertiary/aromatic N) is 2. The summed E-state index contributed by atoms with van der Waals surface area (Å²) >= 11 is 1.41. The fraction of sp³-hybridized carbons (Fsp3) is 0.400. The van der Waals surface area contributed by atoms with Crippen LogP contribution in [0.4, 0.5) is 5.13 Å². The molecular weight excluding hydrogens is 1000 g/mol. The largest absolute Gasteiger partial charge is 0.494 e. The van der Waals surface area contributed by atoms with Crippen LogP contribution in [0.5, 0.6) is 34.5 Å². The Bertz CT molecular complexity index is 2780. The molecule has 16 nitrogen and oxygen atoms in total. The van der Waals surface area contributed by atoms with Crippen LogP contribution in [0, 0.1) is 23.7 Å². The Morgan fingerprint density at radius 2 is 0.896 bits per heavy atom. The van der Waals surface area contributed by atoms with Crippen LogP contribution in [0.25, 0.3) is 10.2 Å². The zero-order valence-electron chi connectivity index (χ0n) is 43.3. The van der Waals surface area contributed by atoms with Crippen molar-refractivity contribution in [2.45, 2.75) is 103 Å². The number of unbranched alkanes of at least 4 members (excludes halogenated alkanes) is 6. The summed E-state index contributed by atoms with van der Waals surface area (Å²) in [6.07, 6.45) is 14.4. The fourth-order valence-electron chi connectivity index (χ4n) is 8.91. The zero-order valence-corrected chi connectivity index (χ0v) is 44.1. The van der Waals surface area contributed by atoms with Crippen molar-refractivity contribution in [3.05, 3.63) is 122 Å². The third-order valence-electron chi connectivity index (χ3n) is 13.3. The number of thiazole rings is 1. The quantitative estimate of drug-likeness (QED) is 0.0150. The fourth-order valence-corrected chi connectivity index (χ4v) is 9.72. The molecule has 0 bridgehead atoms. The molecule has 0 N–H and O–H groups in total. The number of aromatic nitrogens is 1. The highest BCUT2D eigenvalue weighted by Crippen LogP contribution is 2.36. The maximum absolute atomic E-state index is 13.7. The topological polar surface area (TPSA) is 202 Å². The standard InChI is InChI=1S/C60H66N2O14S/c1-3-54(63)71-37-13-7-5-11-35-69-46-25-29-48(30-26-46)73-56(65)41-17-19-43(20-18-41)58(67)75-50-33-34-52(45(39-50)40-61-60-62-51-15-9-10-16-53(51)77-60)76-59(68)44-23-21-42(22-24-44)57(66)74-49-31-27-47(28-32-49)70-36-12-6-8-14-38-72-55(64)4-2/h3-4,9-10,15-16,25-34,39-44H,1-2,5-8,11-14,17-24,35-38H2/b61-40+. The summed E-state index contributed by atoms with van der Waals surface area (Å²) in [4.78, 5) is 85.0. The number of fused-ring (bicyclic) bond motifs is 1. The molecule has 0 spiro atoms. The summed E-state index contributed by atoms with van der Waals surface area (Å²) in [5, 5.41) is 0.494. The molecule has 0 unspecified atom stereocenters. The molecule has 7 rings (SSSR count). The average Bonchev–Trinajstić information content (AvgIpc) is 3.88. The monoisotopic (exact) mass is 1070 g/mol. The summed E-state index contributed by atoms with van der Waals surface area (Å²) in [5.41, 5.74) is 1.20. The number of aliphatic imine (C=N–C) groups is 1. The first kappa shape index (κ1) is 57.1. The highest BCUT2D eigenvalue weighted by Gasteiger charge is 2.34. The van der Waals surface area contributed by atoms with Crippen molar-refractivity contribution < 1.29 is 66.7 Å². The maximum Gasteiger partial charge on any atom is 0.330 e. The first-order valence-electron chi connectivity index (χ1n) is 26.5. The van der Waals surface area contributed by atoms with Crippen molar-refractivity contribution in [1.82, 2.24) is 4.98 Å². The second kappa shape index (κ2) is 30.2. The van der Waals surface area contributed by atoms with Gasteiger partial charge in [-0.3, -0.25) is 19.2 Å². The molecule has 1 aromatic heterocycles. The van der Waals surface area contributed by atoms with Gasteiger partial charge in [0.15, 0.2) is 0 Å². The van der Waals surface area contributed by atoms with Crippen molar-refractivity contribution in [2.24, 2.45) is 28.7 Å². The average molecular weight is 1070 g/mol. The van der Waals surface area contributed by atoms with E-state index in [1.54, 1.807) is 66.7 Å². The summed E-state index contributed by atoms with van der Waals surface area (Å²) < 4.78 is 45.9. The number of hydrogen-bond donors (Lipinski definition) is 0. The molecule has 0 amide bonds. The highest BCUT2D eigenvalue weighted by atomic mass is 32.1. The third-order valence-corrected chi connectivity index (χ3v) is 14.3. The van der Waals surface area contributed by atoms with E-state index in [-0.39, 0.29) is 35.3 Å². The molecule has 1 heterocycles. The normalized spacial score (nSPS) is 17.1. The molecule has 2 fully saturated rings. The minimum Gasteiger partial charge on any atom is -0.494 e. The number of para-hydroxylation sites is 1. The van der Waals surface area contributed by atoms with Crippen molar-refractivity contribution in [2.75, 3.05) is 26.4 Å². The van der Waals surface area contributed by atoms with Gasteiger partial charge in [0, 0.05) is 23.9 Å². The second-order valence-corrected chi connectivity index (χ2v) is 19.9. The van der Waals surface area contributed by atoms with Gasteiger partial charge >= 0.3 is 35.8 Å². The Kier molecular flexibility index (Phi) is 22.4. The number of ether oxygens (including phenoxy) is 8. The molecule has 77 heavy (non-hydrogen) atoms. The van der Waals surface area contributed by atoms with E-state index in [0.29, 0.717) is 111 Å². The van der Waals surface area contributed by atoms with E-state index in [1.807, 2.05) is 24.3 Å². The van der Waals surface area contributed by atoms with Gasteiger partial charge in [0.05, 0.1) is 60.3 Å². The van der Waals surface area contributed by atoms with Crippen molar-refractivity contribution in [3.63, 3.8) is 0 Å². The molecule has 2 aliphatic rings. The molecule has 0 aliphatic heterocycles. The molecule has 0 radical (unpaired) electrons. The van der Waals surface area contributed by atoms with Crippen LogP contribution in [-0.2, 0) is 38.2 Å². The minimum absolute atomic E-state index is 0.229. The lowest BCUT2D eigenvalue weighted by atomic mass is 9.82. The number of carbonyl (C=O) groups excluding carboxylic acids is 6. The minimum atomic E-state index is -0.453. The van der Waals surface area contributed by atoms with Crippen molar-refractivity contribution >= 4 is 68.7 Å². The Morgan fingerprint density at radius 3 is 1.35 bits per heavy atom. The van der Waals surface area contributed by atoms with Crippen LogP contribution in [-0.4, -0.2) is 73.4 Å². The SMILES string of the molecule is C=CC(=O)OCCCCCCOc1ccc(OC(=O)C2CCC(C(=O)Oc3ccc(OC(=O)C4CCC(C(=O)Oc5ccc(OCCCCCCOC(=O)C=C)cc5)CC4)c(/C=N/c4nc5ccccc5s4)c3)CC2)cc1. The molecule has 0 atom stereocenters. The van der Waals surface area contributed by atoms with Crippen LogP contribution in [0.2, 0.25) is 0 Å². The van der Waals surface area contributed by atoms with Gasteiger partial charge in [-0.1, -0.05) is 36.6 Å². The number of rotatable bonds is 28. The number of carbonyl (C=O) groups is 6. The lowest BCUT2D eigenvalue weighted by Crippen LogP contribution is -2.30. The molecule has 406 valence electrons. The van der Waals surface area contributed by atoms with Gasteiger partial charge in [0.25, 0.3) is 0 Å². The molecule has 2 aliphatic carbocycles. The van der Waals surface area contributed by atoms with Crippen LogP contribution in [0.3, 0.4) is 0 Å². The zero-order chi connectivity index (χ0) is 54.2. The Labute approximate surface area is 452 Å². The molecule has 0 saturated heterocycles. The first-order chi connectivity index (χ1) is 37.5. The predicted molar refractivity (Wildman–Crippen MR) is 290 cm³/mol. The Morgan fingerprint density at radius 1 is 0.494 bits per heavy atom. The van der Waals surface area contributed by atoms with Crippen LogP contribution in [0.1, 0.15) is 108 Å². The summed E-state index contributed by atoms with van der Waals surface area (Å²) in [6.45, 7) is 8.58. The van der Waals surface area contributed by atoms with E-state index in [4.69, 9.17) is 37.9 Å². The first-order valence-corrected chi connectivity index (χ1v) is 27.3. The van der Waals surface area contributed by atoms with Gasteiger partial charge in [-0.25, -0.2) is 19.6 Å². The second-order valence-electron chi connectivity index (χ2n) is 18.9. The van der Waals surface area contributed by atoms with Gasteiger partial charge in [-0.15, -0.1) is 0 Å². The lowest BCUT2D eigenvalue weighted by molar-refractivity contribution is -0.145. The third kappa shape index (κ3) is 18.5. The van der Waals surface area contributed by atoms with E-state index in [2.05, 4.69) is 23.1 Å². The highest BCUT2D eigenvalue weighted by molar-refractivity contribution is 7.22. The van der Waals surface area contributed by atoms with Crippen molar-refractivity contribution in [3.8, 4) is 34.5 Å². The Hall–Kier alpha value is -7.66. The van der Waals surface area contributed by atoms with E-state index < -0.39 is 35.7 Å². The molecule has 17 heteroatoms. The van der Waals surface area contributed by atoms with Crippen LogP contribution >= 0.6 is 11.3 Å². The number of esters is 6. The van der Waals surface area contributed by atoms with Crippen molar-refractivity contribution in [1.29, 1.82) is 0 Å². The van der Waals surface area contributed by atoms with Gasteiger partial charge in [-0.05, 0) is 182 Å². The van der Waals surface area contributed by atoms with Gasteiger partial charge in [0.1, 0.15) is 34.5 Å². The van der Waals surface area contributed by atoms with Gasteiger partial charge in [0.2, 0.25) is 5.13 Å². The summed E-state index contributed by atoms with van der Waals surface area (Å²) in [7, 11) is 0. The number of hydrogen-bond acceptors (Lipinski definition) is 17. The van der Waals surface area contributed by atoms with Crippen LogP contribution < -0.4 is 28.4 Å². The molecular formula is C60H66N2O14S. The summed E-state index contributed by atoms with van der Waals surface area (Å²) in [5.74, 6) is -1.41. The maximum atomic E-state index is 13.7. The van der Waals surface area contributed by atoms with E-state index in [1.165, 1.54) is 17.6 Å². The molecule has 2 saturated carbocycles. The molecule has 5 aromatic rings. The van der Waals surface area contributed by atoms with Gasteiger partial charge in [-0.2, -0.15) is 0 Å².